The van der Waals surface area contributed by atoms with E-state index in [1.165, 1.54) is 9.21 Å². The molecule has 0 spiro atoms. The fraction of sp³-hybridized carbons (Fsp3) is 0.350. The first-order valence-electron chi connectivity index (χ1n) is 9.43. The summed E-state index contributed by atoms with van der Waals surface area (Å²) in [5.41, 5.74) is 7.97. The zero-order chi connectivity index (χ0) is 21.1. The van der Waals surface area contributed by atoms with Crippen molar-refractivity contribution in [2.45, 2.75) is 32.1 Å². The van der Waals surface area contributed by atoms with Crippen LogP contribution >= 0.6 is 11.6 Å². The first-order chi connectivity index (χ1) is 13.8. The number of thiol groups is 1. The van der Waals surface area contributed by atoms with Gasteiger partial charge in [-0.15, -0.1) is 0 Å². The molecule has 29 heavy (non-hydrogen) atoms. The molecule has 1 aliphatic heterocycles. The van der Waals surface area contributed by atoms with E-state index in [0.29, 0.717) is 48.6 Å². The van der Waals surface area contributed by atoms with Gasteiger partial charge in [-0.2, -0.15) is 0 Å². The van der Waals surface area contributed by atoms with E-state index in [0.717, 1.165) is 5.56 Å². The van der Waals surface area contributed by atoms with Crippen molar-refractivity contribution >= 4 is 39.9 Å². The van der Waals surface area contributed by atoms with E-state index in [-0.39, 0.29) is 17.4 Å². The van der Waals surface area contributed by atoms with Gasteiger partial charge in [0, 0.05) is 23.7 Å². The number of amides is 2. The molecule has 2 aromatic rings. The Morgan fingerprint density at radius 3 is 2.45 bits per heavy atom. The molecule has 3 N–H and O–H groups in total. The second-order valence-electron chi connectivity index (χ2n) is 6.95. The summed E-state index contributed by atoms with van der Waals surface area (Å²) in [5, 5.41) is 11.5. The summed E-state index contributed by atoms with van der Waals surface area (Å²) in [4.78, 5) is 13.6. The molecule has 1 saturated heterocycles. The number of anilines is 2. The van der Waals surface area contributed by atoms with Gasteiger partial charge in [-0.05, 0) is 48.9 Å². The molecule has 1 fully saturated rings. The normalized spacial score (nSPS) is 15.6. The minimum Gasteiger partial charge on any atom is -0.505 e. The minimum atomic E-state index is -2.61. The zero-order valence-electron chi connectivity index (χ0n) is 16.0. The van der Waals surface area contributed by atoms with Crippen molar-refractivity contribution in [1.82, 2.24) is 4.31 Å². The second kappa shape index (κ2) is 9.02. The van der Waals surface area contributed by atoms with E-state index in [1.807, 2.05) is 19.1 Å². The Hall–Kier alpha value is -2.29. The van der Waals surface area contributed by atoms with Crippen molar-refractivity contribution in [1.29, 1.82) is 0 Å². The maximum Gasteiger partial charge on any atom is 0.324 e. The molecule has 0 atom stereocenters. The summed E-state index contributed by atoms with van der Waals surface area (Å²) >= 11 is 6.39. The number of urea groups is 1. The lowest BCUT2D eigenvalue weighted by Crippen LogP contribution is -2.33. The predicted molar refractivity (Wildman–Crippen MR) is 115 cm³/mol. The first kappa shape index (κ1) is 21.4. The molecule has 1 heterocycles. The molecule has 0 saturated carbocycles. The van der Waals surface area contributed by atoms with Gasteiger partial charge in [-0.25, -0.2) is 17.5 Å². The number of halogens is 1. The van der Waals surface area contributed by atoms with Crippen LogP contribution in [-0.2, 0) is 17.3 Å². The van der Waals surface area contributed by atoms with Crippen LogP contribution in [0.3, 0.4) is 0 Å². The van der Waals surface area contributed by atoms with Crippen molar-refractivity contribution in [2.75, 3.05) is 18.0 Å². The molecular formula is C20H24ClN3O4S. The van der Waals surface area contributed by atoms with E-state index >= 15 is 0 Å². The lowest BCUT2D eigenvalue weighted by Gasteiger charge is -2.31. The molecule has 1 aliphatic rings. The number of para-hydroxylation sites is 1. The molecule has 0 unspecified atom stereocenters. The molecular weight excluding hydrogens is 414 g/mol. The molecule has 7 nitrogen and oxygen atoms in total. The number of phenols is 1. The highest BCUT2D eigenvalue weighted by Crippen LogP contribution is 2.45. The van der Waals surface area contributed by atoms with E-state index in [2.05, 4.69) is 0 Å². The van der Waals surface area contributed by atoms with Gasteiger partial charge >= 0.3 is 6.03 Å². The van der Waals surface area contributed by atoms with Gasteiger partial charge in [-0.1, -0.05) is 36.7 Å². The van der Waals surface area contributed by atoms with Crippen LogP contribution in [0.5, 0.6) is 5.75 Å². The third-order valence-electron chi connectivity index (χ3n) is 5.33. The summed E-state index contributed by atoms with van der Waals surface area (Å²) < 4.78 is 23.8. The molecule has 156 valence electrons. The van der Waals surface area contributed by atoms with Gasteiger partial charge in [0.25, 0.3) is 0 Å². The highest BCUT2D eigenvalue weighted by Gasteiger charge is 2.29. The molecule has 0 aliphatic carbocycles. The average Bonchev–Trinajstić information content (AvgIpc) is 2.70. The standard InChI is InChI=1S/C20H24ClN3O4S/c1-2-13-5-3-4-6-16(13)24(20(22)26)17-8-7-15(21)18(19(17)25)14-9-11-23(12-10-14)29(27)28/h3-8,14,25,29H,2,9-12H2,1H3,(H2,22,26). The van der Waals surface area contributed by atoms with Crippen molar-refractivity contribution in [3.8, 4) is 5.75 Å². The topological polar surface area (TPSA) is 104 Å². The van der Waals surface area contributed by atoms with Gasteiger partial charge in [0.15, 0.2) is 0 Å². The van der Waals surface area contributed by atoms with Crippen LogP contribution in [0.25, 0.3) is 0 Å². The van der Waals surface area contributed by atoms with E-state index in [1.54, 1.807) is 24.3 Å². The molecule has 3 rings (SSSR count). The lowest BCUT2D eigenvalue weighted by atomic mass is 9.89. The quantitative estimate of drug-likeness (QED) is 0.622. The number of carbonyl (C=O) groups is 1. The van der Waals surface area contributed by atoms with Crippen molar-refractivity contribution < 1.29 is 18.3 Å². The van der Waals surface area contributed by atoms with Crippen molar-refractivity contribution in [2.24, 2.45) is 5.73 Å². The number of aryl methyl sites for hydroxylation is 1. The summed E-state index contributed by atoms with van der Waals surface area (Å²) in [6.45, 7) is 2.70. The SMILES string of the molecule is CCc1ccccc1N(C(N)=O)c1ccc(Cl)c(C2CCN([SH](=O)=O)CC2)c1O. The van der Waals surface area contributed by atoms with Crippen molar-refractivity contribution in [3.05, 3.63) is 52.5 Å². The molecule has 0 bridgehead atoms. The van der Waals surface area contributed by atoms with Crippen molar-refractivity contribution in [3.63, 3.8) is 0 Å². The Morgan fingerprint density at radius 1 is 1.21 bits per heavy atom. The Labute approximate surface area is 176 Å². The number of piperidine rings is 1. The third kappa shape index (κ3) is 4.34. The Bertz CT molecular complexity index is 980. The maximum absolute atomic E-state index is 12.3. The van der Waals surface area contributed by atoms with Crippen LogP contribution in [0.1, 0.15) is 36.8 Å². The van der Waals surface area contributed by atoms with Crippen LogP contribution < -0.4 is 10.6 Å². The first-order valence-corrected chi connectivity index (χ1v) is 10.9. The number of carbonyl (C=O) groups excluding carboxylic acids is 1. The van der Waals surface area contributed by atoms with Gasteiger partial charge in [0.2, 0.25) is 10.9 Å². The number of hydrogen-bond donors (Lipinski definition) is 3. The predicted octanol–water partition coefficient (Wildman–Crippen LogP) is 3.53. The van der Waals surface area contributed by atoms with Crippen LogP contribution in [0.2, 0.25) is 5.02 Å². The Kier molecular flexibility index (Phi) is 6.66. The summed E-state index contributed by atoms with van der Waals surface area (Å²) in [6, 6.07) is 9.85. The van der Waals surface area contributed by atoms with Gasteiger partial charge in [0.1, 0.15) is 5.75 Å². The monoisotopic (exact) mass is 437 g/mol. The highest BCUT2D eigenvalue weighted by molar-refractivity contribution is 7.69. The van der Waals surface area contributed by atoms with Gasteiger partial charge in [0.05, 0.1) is 11.4 Å². The number of nitrogens with two attached hydrogens (primary N) is 1. The number of rotatable bonds is 5. The van der Waals surface area contributed by atoms with Crippen LogP contribution in [0.4, 0.5) is 16.2 Å². The molecule has 0 aromatic heterocycles. The average molecular weight is 438 g/mol. The highest BCUT2D eigenvalue weighted by atomic mass is 35.5. The lowest BCUT2D eigenvalue weighted by molar-refractivity contribution is 0.255. The van der Waals surface area contributed by atoms with E-state index < -0.39 is 16.9 Å². The number of primary amides is 1. The maximum atomic E-state index is 12.3. The summed E-state index contributed by atoms with van der Waals surface area (Å²) in [5.74, 6) is -0.225. The smallest absolute Gasteiger partial charge is 0.324 e. The van der Waals surface area contributed by atoms with Crippen LogP contribution in [-0.4, -0.2) is 37.0 Å². The number of phenolic OH excluding ortho intramolecular Hbond substituents is 1. The number of hydrogen-bond acceptors (Lipinski definition) is 4. The Morgan fingerprint density at radius 2 is 1.86 bits per heavy atom. The van der Waals surface area contributed by atoms with Crippen LogP contribution in [0, 0.1) is 0 Å². The number of aromatic hydroxyl groups is 1. The zero-order valence-corrected chi connectivity index (χ0v) is 17.7. The Balaban J connectivity index is 2.04. The number of nitrogens with zero attached hydrogens (tertiary/aromatic N) is 2. The summed E-state index contributed by atoms with van der Waals surface area (Å²) in [6.07, 6.45) is 1.75. The van der Waals surface area contributed by atoms with Crippen LogP contribution in [0.15, 0.2) is 36.4 Å². The summed E-state index contributed by atoms with van der Waals surface area (Å²) in [7, 11) is -2.61. The molecule has 9 heteroatoms. The van der Waals surface area contributed by atoms with E-state index in [4.69, 9.17) is 17.3 Å². The fourth-order valence-electron chi connectivity index (χ4n) is 3.85. The van der Waals surface area contributed by atoms with Gasteiger partial charge in [-0.3, -0.25) is 4.90 Å². The fourth-order valence-corrected chi connectivity index (χ4v) is 4.72. The molecule has 0 radical (unpaired) electrons. The van der Waals surface area contributed by atoms with E-state index in [9.17, 15) is 18.3 Å². The minimum absolute atomic E-state index is 0.104. The third-order valence-corrected chi connectivity index (χ3v) is 6.52. The largest absolute Gasteiger partial charge is 0.505 e. The molecule has 2 amide bonds. The molecule has 2 aromatic carbocycles. The van der Waals surface area contributed by atoms with Gasteiger partial charge < -0.3 is 10.8 Å². The number of benzene rings is 2. The second-order valence-corrected chi connectivity index (χ2v) is 8.40.